The topological polar surface area (TPSA) is 31.6 Å². The molecule has 0 aliphatic carbocycles. The zero-order valence-electron chi connectivity index (χ0n) is 13.0. The van der Waals surface area contributed by atoms with E-state index in [1.165, 1.54) is 38.6 Å². The van der Waals surface area contributed by atoms with Crippen molar-refractivity contribution in [3.8, 4) is 0 Å². The monoisotopic (exact) mass is 288 g/mol. The van der Waals surface area contributed by atoms with Crippen LogP contribution in [0.3, 0.4) is 0 Å². The van der Waals surface area contributed by atoms with Gasteiger partial charge in [-0.1, -0.05) is 30.7 Å². The number of H-pyrrole nitrogens is 2. The minimum absolute atomic E-state index is 0.488. The van der Waals surface area contributed by atoms with Crippen LogP contribution >= 0.6 is 0 Å². The first-order valence-corrected chi connectivity index (χ1v) is 7.84. The summed E-state index contributed by atoms with van der Waals surface area (Å²) in [4.78, 5) is 6.85. The lowest BCUT2D eigenvalue weighted by molar-refractivity contribution is 0.747. The summed E-state index contributed by atoms with van der Waals surface area (Å²) >= 11 is 0. The Kier molecular flexibility index (Phi) is 3.04. The molecule has 4 aromatic rings. The zero-order chi connectivity index (χ0) is 15.1. The maximum absolute atomic E-state index is 3.55. The molecule has 4 rings (SSSR count). The standard InChI is InChI=1S/C20H20N2/c1-13-3-6-19-17(9-13)11-18(22-19)10-14(2)16-5-4-15-7-8-21-20(15)12-16/h3-9,11-12,14,21-22H,10H2,1-2H3. The summed E-state index contributed by atoms with van der Waals surface area (Å²) in [7, 11) is 0. The summed E-state index contributed by atoms with van der Waals surface area (Å²) in [6, 6.07) is 17.7. The molecule has 22 heavy (non-hydrogen) atoms. The van der Waals surface area contributed by atoms with Crippen LogP contribution in [0, 0.1) is 6.92 Å². The van der Waals surface area contributed by atoms with E-state index in [-0.39, 0.29) is 0 Å². The molecule has 0 saturated carbocycles. The second-order valence-electron chi connectivity index (χ2n) is 6.31. The highest BCUT2D eigenvalue weighted by Crippen LogP contribution is 2.25. The van der Waals surface area contributed by atoms with Crippen LogP contribution in [0.4, 0.5) is 0 Å². The molecule has 0 spiro atoms. The van der Waals surface area contributed by atoms with E-state index >= 15 is 0 Å². The average Bonchev–Trinajstić information content (AvgIpc) is 3.11. The fraction of sp³-hybridized carbons (Fsp3) is 0.200. The summed E-state index contributed by atoms with van der Waals surface area (Å²) in [5.74, 6) is 0.488. The van der Waals surface area contributed by atoms with Crippen molar-refractivity contribution in [3.05, 3.63) is 71.5 Å². The molecule has 2 nitrogen and oxygen atoms in total. The maximum atomic E-state index is 3.55. The van der Waals surface area contributed by atoms with Gasteiger partial charge in [0, 0.05) is 22.9 Å². The number of aryl methyl sites for hydroxylation is 1. The van der Waals surface area contributed by atoms with Crippen LogP contribution in [0.2, 0.25) is 0 Å². The van der Waals surface area contributed by atoms with Crippen molar-refractivity contribution >= 4 is 21.8 Å². The van der Waals surface area contributed by atoms with Crippen LogP contribution < -0.4 is 0 Å². The SMILES string of the molecule is Cc1ccc2[nH]c(CC(C)c3ccc4cc[nH]c4c3)cc2c1. The number of aromatic nitrogens is 2. The van der Waals surface area contributed by atoms with Gasteiger partial charge in [0.15, 0.2) is 0 Å². The lowest BCUT2D eigenvalue weighted by atomic mass is 9.95. The Hall–Kier alpha value is -2.48. The van der Waals surface area contributed by atoms with E-state index in [0.29, 0.717) is 5.92 Å². The third kappa shape index (κ3) is 2.31. The first kappa shape index (κ1) is 13.2. The van der Waals surface area contributed by atoms with Crippen molar-refractivity contribution in [1.29, 1.82) is 0 Å². The molecule has 110 valence electrons. The maximum Gasteiger partial charge on any atom is 0.0456 e. The van der Waals surface area contributed by atoms with Crippen LogP contribution in [-0.4, -0.2) is 9.97 Å². The van der Waals surface area contributed by atoms with E-state index in [9.17, 15) is 0 Å². The van der Waals surface area contributed by atoms with Crippen molar-refractivity contribution in [1.82, 2.24) is 9.97 Å². The van der Waals surface area contributed by atoms with Crippen molar-refractivity contribution in [2.75, 3.05) is 0 Å². The third-order valence-electron chi connectivity index (χ3n) is 4.51. The zero-order valence-corrected chi connectivity index (χ0v) is 13.0. The molecule has 0 saturated heterocycles. The fourth-order valence-electron chi connectivity index (χ4n) is 3.24. The average molecular weight is 288 g/mol. The molecule has 2 aromatic carbocycles. The second kappa shape index (κ2) is 5.06. The molecule has 2 heteroatoms. The molecule has 2 heterocycles. The van der Waals surface area contributed by atoms with Crippen LogP contribution in [0.25, 0.3) is 21.8 Å². The lowest BCUT2D eigenvalue weighted by Crippen LogP contribution is -1.98. The quantitative estimate of drug-likeness (QED) is 0.512. The van der Waals surface area contributed by atoms with Crippen molar-refractivity contribution in [2.24, 2.45) is 0 Å². The molecule has 0 fully saturated rings. The third-order valence-corrected chi connectivity index (χ3v) is 4.51. The predicted molar refractivity (Wildman–Crippen MR) is 93.5 cm³/mol. The van der Waals surface area contributed by atoms with Crippen LogP contribution in [0.15, 0.2) is 54.7 Å². The molecule has 1 unspecified atom stereocenters. The summed E-state index contributed by atoms with van der Waals surface area (Å²) < 4.78 is 0. The van der Waals surface area contributed by atoms with Crippen molar-refractivity contribution in [2.45, 2.75) is 26.2 Å². The molecule has 1 atom stereocenters. The Morgan fingerprint density at radius 2 is 1.82 bits per heavy atom. The van der Waals surface area contributed by atoms with E-state index in [1.54, 1.807) is 0 Å². The Balaban J connectivity index is 1.62. The Bertz CT molecular complexity index is 943. The predicted octanol–water partition coefficient (Wildman–Crippen LogP) is 5.30. The first-order chi connectivity index (χ1) is 10.7. The number of hydrogen-bond acceptors (Lipinski definition) is 0. The highest BCUT2D eigenvalue weighted by Gasteiger charge is 2.10. The van der Waals surface area contributed by atoms with Crippen LogP contribution in [-0.2, 0) is 6.42 Å². The summed E-state index contributed by atoms with van der Waals surface area (Å²) in [5, 5.41) is 2.58. The van der Waals surface area contributed by atoms with Gasteiger partial charge in [-0.2, -0.15) is 0 Å². The highest BCUT2D eigenvalue weighted by molar-refractivity contribution is 5.81. The largest absolute Gasteiger partial charge is 0.361 e. The van der Waals surface area contributed by atoms with E-state index in [2.05, 4.69) is 72.3 Å². The molecule has 0 radical (unpaired) electrons. The van der Waals surface area contributed by atoms with Crippen LogP contribution in [0.1, 0.15) is 29.7 Å². The fourth-order valence-corrected chi connectivity index (χ4v) is 3.24. The summed E-state index contributed by atoms with van der Waals surface area (Å²) in [5.41, 5.74) is 6.44. The minimum Gasteiger partial charge on any atom is -0.361 e. The van der Waals surface area contributed by atoms with Gasteiger partial charge in [-0.05, 0) is 65.9 Å². The normalized spacial score (nSPS) is 13.0. The van der Waals surface area contributed by atoms with Crippen LogP contribution in [0.5, 0.6) is 0 Å². The minimum atomic E-state index is 0.488. The Labute approximate surface area is 130 Å². The van der Waals surface area contributed by atoms with Gasteiger partial charge in [0.25, 0.3) is 0 Å². The highest BCUT2D eigenvalue weighted by atomic mass is 14.7. The van der Waals surface area contributed by atoms with Gasteiger partial charge >= 0.3 is 0 Å². The number of nitrogens with one attached hydrogen (secondary N) is 2. The van der Waals surface area contributed by atoms with E-state index in [1.807, 2.05) is 6.20 Å². The number of aromatic amines is 2. The summed E-state index contributed by atoms with van der Waals surface area (Å²) in [6.45, 7) is 4.43. The van der Waals surface area contributed by atoms with Gasteiger partial charge in [0.05, 0.1) is 0 Å². The molecule has 0 aliphatic rings. The second-order valence-corrected chi connectivity index (χ2v) is 6.31. The van der Waals surface area contributed by atoms with Gasteiger partial charge < -0.3 is 9.97 Å². The first-order valence-electron chi connectivity index (χ1n) is 7.84. The van der Waals surface area contributed by atoms with E-state index < -0.39 is 0 Å². The molecule has 0 amide bonds. The van der Waals surface area contributed by atoms with Crippen molar-refractivity contribution in [3.63, 3.8) is 0 Å². The van der Waals surface area contributed by atoms with Gasteiger partial charge in [0.1, 0.15) is 0 Å². The lowest BCUT2D eigenvalue weighted by Gasteiger charge is -2.11. The number of fused-ring (bicyclic) bond motifs is 2. The Morgan fingerprint density at radius 3 is 2.73 bits per heavy atom. The number of benzene rings is 2. The molecule has 2 aromatic heterocycles. The Morgan fingerprint density at radius 1 is 0.909 bits per heavy atom. The van der Waals surface area contributed by atoms with E-state index in [0.717, 1.165) is 6.42 Å². The molecule has 0 aliphatic heterocycles. The van der Waals surface area contributed by atoms with Gasteiger partial charge in [-0.3, -0.25) is 0 Å². The van der Waals surface area contributed by atoms with Gasteiger partial charge in [0.2, 0.25) is 0 Å². The molecular formula is C20H20N2. The smallest absolute Gasteiger partial charge is 0.0456 e. The molecule has 0 bridgehead atoms. The van der Waals surface area contributed by atoms with Crippen molar-refractivity contribution < 1.29 is 0 Å². The van der Waals surface area contributed by atoms with Gasteiger partial charge in [-0.15, -0.1) is 0 Å². The molecule has 2 N–H and O–H groups in total. The van der Waals surface area contributed by atoms with E-state index in [4.69, 9.17) is 0 Å². The van der Waals surface area contributed by atoms with Gasteiger partial charge in [-0.25, -0.2) is 0 Å². The molecular weight excluding hydrogens is 268 g/mol. The number of rotatable bonds is 3. The summed E-state index contributed by atoms with van der Waals surface area (Å²) in [6.07, 6.45) is 3.03. The number of hydrogen-bond donors (Lipinski definition) is 2.